The van der Waals surface area contributed by atoms with Gasteiger partial charge in [-0.1, -0.05) is 12.1 Å². The van der Waals surface area contributed by atoms with E-state index in [-0.39, 0.29) is 18.2 Å². The summed E-state index contributed by atoms with van der Waals surface area (Å²) < 4.78 is 5.22. The van der Waals surface area contributed by atoms with E-state index in [1.165, 1.54) is 12.1 Å². The average molecular weight is 280 g/mol. The number of nitrogens with zero attached hydrogens (tertiary/aromatic N) is 2. The summed E-state index contributed by atoms with van der Waals surface area (Å²) in [5.41, 5.74) is 0.321. The van der Waals surface area contributed by atoms with Crippen molar-refractivity contribution in [3.05, 3.63) is 39.9 Å². The van der Waals surface area contributed by atoms with Gasteiger partial charge < -0.3 is 4.74 Å². The van der Waals surface area contributed by atoms with Gasteiger partial charge in [-0.3, -0.25) is 19.8 Å². The summed E-state index contributed by atoms with van der Waals surface area (Å²) in [4.78, 5) is 23.7. The highest BCUT2D eigenvalue weighted by Gasteiger charge is 2.17. The maximum atomic E-state index is 11.7. The molecule has 1 rings (SSSR count). The predicted octanol–water partition coefficient (Wildman–Crippen LogP) is 2.37. The Balaban J connectivity index is 2.58. The molecule has 0 saturated heterocycles. The van der Waals surface area contributed by atoms with E-state index in [0.29, 0.717) is 6.54 Å². The first kappa shape index (κ1) is 16.1. The molecule has 1 aromatic carbocycles. The lowest BCUT2D eigenvalue weighted by Crippen LogP contribution is -2.32. The minimum absolute atomic E-state index is 0.0492. The SMILES string of the molecule is CN(CC(=O)OC(C)(C)C)Cc1cccc([N+](=O)[O-])c1. The van der Waals surface area contributed by atoms with Crippen molar-refractivity contribution in [1.29, 1.82) is 0 Å². The Bertz CT molecular complexity index is 494. The van der Waals surface area contributed by atoms with Gasteiger partial charge in [0.25, 0.3) is 5.69 Å². The molecular weight excluding hydrogens is 260 g/mol. The summed E-state index contributed by atoms with van der Waals surface area (Å²) in [7, 11) is 1.77. The van der Waals surface area contributed by atoms with Crippen LogP contribution in [0.15, 0.2) is 24.3 Å². The van der Waals surface area contributed by atoms with Crippen molar-refractivity contribution < 1.29 is 14.5 Å². The van der Waals surface area contributed by atoms with Crippen LogP contribution in [0.1, 0.15) is 26.3 Å². The molecule has 0 radical (unpaired) electrons. The van der Waals surface area contributed by atoms with Gasteiger partial charge >= 0.3 is 5.97 Å². The molecule has 0 aliphatic heterocycles. The second-order valence-electron chi connectivity index (χ2n) is 5.69. The summed E-state index contributed by atoms with van der Waals surface area (Å²) in [5, 5.41) is 10.7. The zero-order valence-corrected chi connectivity index (χ0v) is 12.3. The van der Waals surface area contributed by atoms with Gasteiger partial charge in [0.1, 0.15) is 5.60 Å². The van der Waals surface area contributed by atoms with E-state index in [4.69, 9.17) is 4.74 Å². The lowest BCUT2D eigenvalue weighted by atomic mass is 10.2. The molecule has 20 heavy (non-hydrogen) atoms. The summed E-state index contributed by atoms with van der Waals surface area (Å²) in [6, 6.07) is 6.37. The smallest absolute Gasteiger partial charge is 0.320 e. The minimum atomic E-state index is -0.510. The second kappa shape index (κ2) is 6.47. The van der Waals surface area contributed by atoms with E-state index in [2.05, 4.69) is 0 Å². The van der Waals surface area contributed by atoms with Crippen LogP contribution in [-0.2, 0) is 16.1 Å². The molecule has 0 aliphatic rings. The highest BCUT2D eigenvalue weighted by Crippen LogP contribution is 2.14. The number of esters is 1. The monoisotopic (exact) mass is 280 g/mol. The third-order valence-corrected chi connectivity index (χ3v) is 2.39. The molecule has 0 aromatic heterocycles. The molecule has 6 nitrogen and oxygen atoms in total. The van der Waals surface area contributed by atoms with Crippen molar-refractivity contribution >= 4 is 11.7 Å². The van der Waals surface area contributed by atoms with Crippen molar-refractivity contribution in [3.8, 4) is 0 Å². The van der Waals surface area contributed by atoms with Crippen LogP contribution in [0.5, 0.6) is 0 Å². The Morgan fingerprint density at radius 3 is 2.60 bits per heavy atom. The third-order valence-electron chi connectivity index (χ3n) is 2.39. The molecule has 6 heteroatoms. The molecule has 1 aromatic rings. The fourth-order valence-electron chi connectivity index (χ4n) is 1.73. The number of carbonyl (C=O) groups is 1. The predicted molar refractivity (Wildman–Crippen MR) is 75.3 cm³/mol. The molecule has 0 amide bonds. The van der Waals surface area contributed by atoms with Crippen molar-refractivity contribution in [1.82, 2.24) is 4.90 Å². The molecule has 110 valence electrons. The number of hydrogen-bond donors (Lipinski definition) is 0. The molecule has 0 spiro atoms. The van der Waals surface area contributed by atoms with Crippen LogP contribution >= 0.6 is 0 Å². The summed E-state index contributed by atoms with van der Waals surface area (Å²) in [6.45, 7) is 6.02. The Morgan fingerprint density at radius 2 is 2.05 bits per heavy atom. The molecule has 0 aliphatic carbocycles. The Morgan fingerprint density at radius 1 is 1.40 bits per heavy atom. The van der Waals surface area contributed by atoms with E-state index in [1.54, 1.807) is 24.1 Å². The zero-order valence-electron chi connectivity index (χ0n) is 12.3. The van der Waals surface area contributed by atoms with Crippen LogP contribution in [0.2, 0.25) is 0 Å². The zero-order chi connectivity index (χ0) is 15.3. The Kier molecular flexibility index (Phi) is 5.21. The molecular formula is C14H20N2O4. The van der Waals surface area contributed by atoms with Crippen LogP contribution in [-0.4, -0.2) is 35.0 Å². The summed E-state index contributed by atoms with van der Waals surface area (Å²) in [5.74, 6) is -0.314. The van der Waals surface area contributed by atoms with Crippen LogP contribution in [0, 0.1) is 10.1 Å². The number of carbonyl (C=O) groups excluding carboxylic acids is 1. The summed E-state index contributed by atoms with van der Waals surface area (Å²) in [6.07, 6.45) is 0. The first-order chi connectivity index (χ1) is 9.17. The number of nitro benzene ring substituents is 1. The highest BCUT2D eigenvalue weighted by atomic mass is 16.6. The van der Waals surface area contributed by atoms with Gasteiger partial charge in [0.05, 0.1) is 11.5 Å². The van der Waals surface area contributed by atoms with E-state index in [9.17, 15) is 14.9 Å². The normalized spacial score (nSPS) is 11.4. The Hall–Kier alpha value is -1.95. The third kappa shape index (κ3) is 5.79. The lowest BCUT2D eigenvalue weighted by Gasteiger charge is -2.22. The second-order valence-corrected chi connectivity index (χ2v) is 5.69. The van der Waals surface area contributed by atoms with Crippen LogP contribution in [0.25, 0.3) is 0 Å². The van der Waals surface area contributed by atoms with Crippen molar-refractivity contribution in [2.24, 2.45) is 0 Å². The number of benzene rings is 1. The minimum Gasteiger partial charge on any atom is -0.459 e. The van der Waals surface area contributed by atoms with Crippen LogP contribution in [0.4, 0.5) is 5.69 Å². The molecule has 0 saturated carbocycles. The fraction of sp³-hybridized carbons (Fsp3) is 0.500. The van der Waals surface area contributed by atoms with Crippen molar-refractivity contribution in [2.75, 3.05) is 13.6 Å². The molecule has 0 fully saturated rings. The topological polar surface area (TPSA) is 72.7 Å². The van der Waals surface area contributed by atoms with Gasteiger partial charge in [-0.05, 0) is 33.4 Å². The number of rotatable bonds is 5. The lowest BCUT2D eigenvalue weighted by molar-refractivity contribution is -0.384. The van der Waals surface area contributed by atoms with Gasteiger partial charge in [-0.25, -0.2) is 0 Å². The number of hydrogen-bond acceptors (Lipinski definition) is 5. The number of ether oxygens (including phenoxy) is 1. The van der Waals surface area contributed by atoms with E-state index in [1.807, 2.05) is 20.8 Å². The van der Waals surface area contributed by atoms with Gasteiger partial charge in [-0.15, -0.1) is 0 Å². The standard InChI is InChI=1S/C14H20N2O4/c1-14(2,3)20-13(17)10-15(4)9-11-6-5-7-12(8-11)16(18)19/h5-8H,9-10H2,1-4H3. The number of likely N-dealkylation sites (N-methyl/N-ethyl adjacent to an activating group) is 1. The summed E-state index contributed by atoms with van der Waals surface area (Å²) >= 11 is 0. The molecule has 0 unspecified atom stereocenters. The molecule has 0 atom stereocenters. The van der Waals surface area contributed by atoms with Crippen molar-refractivity contribution in [3.63, 3.8) is 0 Å². The maximum absolute atomic E-state index is 11.7. The van der Waals surface area contributed by atoms with Gasteiger partial charge in [0, 0.05) is 18.7 Å². The van der Waals surface area contributed by atoms with E-state index in [0.717, 1.165) is 5.56 Å². The number of non-ortho nitro benzene ring substituents is 1. The molecule has 0 N–H and O–H groups in total. The first-order valence-electron chi connectivity index (χ1n) is 6.31. The molecule has 0 heterocycles. The van der Waals surface area contributed by atoms with Gasteiger partial charge in [0.15, 0.2) is 0 Å². The van der Waals surface area contributed by atoms with Crippen LogP contribution in [0.3, 0.4) is 0 Å². The van der Waals surface area contributed by atoms with Crippen molar-refractivity contribution in [2.45, 2.75) is 32.9 Å². The van der Waals surface area contributed by atoms with E-state index >= 15 is 0 Å². The quantitative estimate of drug-likeness (QED) is 0.470. The number of nitro groups is 1. The highest BCUT2D eigenvalue weighted by molar-refractivity contribution is 5.72. The molecule has 0 bridgehead atoms. The Labute approximate surface area is 118 Å². The van der Waals surface area contributed by atoms with Gasteiger partial charge in [-0.2, -0.15) is 0 Å². The largest absolute Gasteiger partial charge is 0.459 e. The first-order valence-corrected chi connectivity index (χ1v) is 6.31. The van der Waals surface area contributed by atoms with Gasteiger partial charge in [0.2, 0.25) is 0 Å². The van der Waals surface area contributed by atoms with E-state index < -0.39 is 10.5 Å². The van der Waals surface area contributed by atoms with Crippen LogP contribution < -0.4 is 0 Å². The average Bonchev–Trinajstić information content (AvgIpc) is 2.25. The fourth-order valence-corrected chi connectivity index (χ4v) is 1.73. The maximum Gasteiger partial charge on any atom is 0.320 e.